The van der Waals surface area contributed by atoms with Gasteiger partial charge in [-0.1, -0.05) is 0 Å². The van der Waals surface area contributed by atoms with Crippen molar-refractivity contribution in [2.24, 2.45) is 0 Å². The summed E-state index contributed by atoms with van der Waals surface area (Å²) in [4.78, 5) is 30.8. The van der Waals surface area contributed by atoms with Gasteiger partial charge in [0, 0.05) is 11.3 Å². The molecule has 5 heteroatoms. The molecule has 2 N–H and O–H groups in total. The minimum atomic E-state index is -1.09. The number of anilines is 1. The van der Waals surface area contributed by atoms with Gasteiger partial charge in [-0.3, -0.25) is 9.59 Å². The first-order valence-electron chi connectivity index (χ1n) is 5.33. The Morgan fingerprint density at radius 1 is 1.41 bits per heavy atom. The van der Waals surface area contributed by atoms with Crippen molar-refractivity contribution in [3.05, 3.63) is 24.0 Å². The quantitative estimate of drug-likeness (QED) is 0.725. The van der Waals surface area contributed by atoms with Crippen molar-refractivity contribution < 1.29 is 9.59 Å². The summed E-state index contributed by atoms with van der Waals surface area (Å²) < 4.78 is 0. The first-order chi connectivity index (χ1) is 8.03. The number of imidazole rings is 1. The minimum Gasteiger partial charge on any atom is -0.345 e. The van der Waals surface area contributed by atoms with Gasteiger partial charge in [-0.05, 0) is 26.0 Å². The summed E-state index contributed by atoms with van der Waals surface area (Å²) in [6.07, 6.45) is 1.59. The third-order valence-corrected chi connectivity index (χ3v) is 3.50. The zero-order valence-corrected chi connectivity index (χ0v) is 9.50. The highest BCUT2D eigenvalue weighted by atomic mass is 16.2. The average molecular weight is 229 g/mol. The van der Waals surface area contributed by atoms with E-state index < -0.39 is 5.41 Å². The zero-order valence-electron chi connectivity index (χ0n) is 9.50. The van der Waals surface area contributed by atoms with Crippen LogP contribution in [0.2, 0.25) is 0 Å². The van der Waals surface area contributed by atoms with E-state index in [4.69, 9.17) is 0 Å². The van der Waals surface area contributed by atoms with Crippen molar-refractivity contribution in [1.29, 1.82) is 0 Å². The molecule has 2 aromatic rings. The number of aromatic nitrogens is 2. The molecule has 0 bridgehead atoms. The number of nitrogens with one attached hydrogen (secondary N) is 2. The van der Waals surface area contributed by atoms with Crippen molar-refractivity contribution in [2.45, 2.75) is 19.3 Å². The molecule has 1 unspecified atom stereocenters. The number of carbonyl (C=O) groups excluding carboxylic acids is 2. The molecular weight excluding hydrogens is 218 g/mol. The molecule has 1 aliphatic rings. The van der Waals surface area contributed by atoms with Gasteiger partial charge in [-0.2, -0.15) is 0 Å². The Morgan fingerprint density at radius 3 is 2.88 bits per heavy atom. The standard InChI is InChI=1S/C12H11N3O2/c1-6(16)12(2)7-3-9-10(14-5-13-9)4-8(7)15-11(12)17/h3-5H,1-2H3,(H,13,14)(H,15,17). The smallest absolute Gasteiger partial charge is 0.242 e. The molecule has 1 amide bonds. The highest BCUT2D eigenvalue weighted by molar-refractivity contribution is 6.21. The Morgan fingerprint density at radius 2 is 2.18 bits per heavy atom. The molecule has 2 heterocycles. The zero-order chi connectivity index (χ0) is 12.2. The van der Waals surface area contributed by atoms with E-state index in [1.54, 1.807) is 19.3 Å². The normalized spacial score (nSPS) is 22.6. The van der Waals surface area contributed by atoms with E-state index in [1.165, 1.54) is 6.92 Å². The maximum Gasteiger partial charge on any atom is 0.242 e. The number of ketones is 1. The number of rotatable bonds is 1. The number of carbonyl (C=O) groups is 2. The first kappa shape index (κ1) is 10.0. The number of nitrogens with zero attached hydrogens (tertiary/aromatic N) is 1. The number of Topliss-reactive ketones (excluding diaryl/α,β-unsaturated/α-hetero) is 1. The van der Waals surface area contributed by atoms with Crippen LogP contribution in [0, 0.1) is 0 Å². The van der Waals surface area contributed by atoms with Gasteiger partial charge in [0.1, 0.15) is 11.2 Å². The lowest BCUT2D eigenvalue weighted by molar-refractivity contribution is -0.130. The molecule has 1 aromatic heterocycles. The van der Waals surface area contributed by atoms with Crippen molar-refractivity contribution in [2.75, 3.05) is 5.32 Å². The maximum absolute atomic E-state index is 11.9. The SMILES string of the molecule is CC(=O)C1(C)C(=O)Nc2cc3[nH]cnc3cc21. The topological polar surface area (TPSA) is 74.8 Å². The molecular formula is C12H11N3O2. The maximum atomic E-state index is 11.9. The molecule has 0 aliphatic carbocycles. The number of fused-ring (bicyclic) bond motifs is 2. The Balaban J connectivity index is 2.33. The van der Waals surface area contributed by atoms with Crippen LogP contribution in [0.3, 0.4) is 0 Å². The third-order valence-electron chi connectivity index (χ3n) is 3.50. The van der Waals surface area contributed by atoms with Crippen LogP contribution in [-0.4, -0.2) is 21.7 Å². The van der Waals surface area contributed by atoms with E-state index in [9.17, 15) is 9.59 Å². The number of hydrogen-bond donors (Lipinski definition) is 2. The lowest BCUT2D eigenvalue weighted by Gasteiger charge is -2.17. The van der Waals surface area contributed by atoms with Gasteiger partial charge >= 0.3 is 0 Å². The number of amides is 1. The summed E-state index contributed by atoms with van der Waals surface area (Å²) in [5, 5.41) is 2.74. The van der Waals surface area contributed by atoms with Crippen LogP contribution in [0.5, 0.6) is 0 Å². The summed E-state index contributed by atoms with van der Waals surface area (Å²) in [5.74, 6) is -0.434. The van der Waals surface area contributed by atoms with Gasteiger partial charge < -0.3 is 10.3 Å². The largest absolute Gasteiger partial charge is 0.345 e. The summed E-state index contributed by atoms with van der Waals surface area (Å²) in [6, 6.07) is 3.60. The van der Waals surface area contributed by atoms with Gasteiger partial charge in [0.15, 0.2) is 0 Å². The fourth-order valence-electron chi connectivity index (χ4n) is 2.22. The third kappa shape index (κ3) is 1.11. The molecule has 3 rings (SSSR count). The second-order valence-electron chi connectivity index (χ2n) is 4.45. The van der Waals surface area contributed by atoms with Crippen LogP contribution < -0.4 is 5.32 Å². The Hall–Kier alpha value is -2.17. The highest BCUT2D eigenvalue weighted by Gasteiger charge is 2.46. The van der Waals surface area contributed by atoms with Crippen molar-refractivity contribution in [1.82, 2.24) is 9.97 Å². The lowest BCUT2D eigenvalue weighted by atomic mass is 9.80. The molecule has 1 atom stereocenters. The molecule has 5 nitrogen and oxygen atoms in total. The molecule has 17 heavy (non-hydrogen) atoms. The molecule has 0 saturated heterocycles. The van der Waals surface area contributed by atoms with Crippen LogP contribution in [0.1, 0.15) is 19.4 Å². The predicted octanol–water partition coefficient (Wildman–Crippen LogP) is 1.36. The number of benzene rings is 1. The molecule has 1 aliphatic heterocycles. The Kier molecular flexibility index (Phi) is 1.73. The number of aromatic amines is 1. The van der Waals surface area contributed by atoms with Gasteiger partial charge in [0.2, 0.25) is 5.91 Å². The van der Waals surface area contributed by atoms with E-state index in [1.807, 2.05) is 6.07 Å². The summed E-state index contributed by atoms with van der Waals surface area (Å²) in [7, 11) is 0. The van der Waals surface area contributed by atoms with Gasteiger partial charge in [0.05, 0.1) is 17.4 Å². The van der Waals surface area contributed by atoms with Crippen molar-refractivity contribution >= 4 is 28.4 Å². The Bertz CT molecular complexity index is 659. The Labute approximate surface area is 97.2 Å². The highest BCUT2D eigenvalue weighted by Crippen LogP contribution is 2.39. The molecule has 0 saturated carbocycles. The second kappa shape index (κ2) is 2.94. The summed E-state index contributed by atoms with van der Waals surface area (Å²) in [6.45, 7) is 3.08. The second-order valence-corrected chi connectivity index (χ2v) is 4.45. The van der Waals surface area contributed by atoms with Gasteiger partial charge in [-0.15, -0.1) is 0 Å². The van der Waals surface area contributed by atoms with E-state index in [0.717, 1.165) is 11.0 Å². The molecule has 86 valence electrons. The summed E-state index contributed by atoms with van der Waals surface area (Å²) >= 11 is 0. The van der Waals surface area contributed by atoms with Crippen LogP contribution >= 0.6 is 0 Å². The first-order valence-corrected chi connectivity index (χ1v) is 5.33. The van der Waals surface area contributed by atoms with E-state index in [-0.39, 0.29) is 11.7 Å². The predicted molar refractivity (Wildman–Crippen MR) is 62.8 cm³/mol. The van der Waals surface area contributed by atoms with Crippen LogP contribution in [0.4, 0.5) is 5.69 Å². The van der Waals surface area contributed by atoms with Crippen LogP contribution in [0.15, 0.2) is 18.5 Å². The lowest BCUT2D eigenvalue weighted by Crippen LogP contribution is -2.37. The average Bonchev–Trinajstić information content (AvgIpc) is 2.81. The molecule has 0 radical (unpaired) electrons. The monoisotopic (exact) mass is 229 g/mol. The van der Waals surface area contributed by atoms with Gasteiger partial charge in [-0.25, -0.2) is 4.98 Å². The van der Waals surface area contributed by atoms with E-state index in [0.29, 0.717) is 11.3 Å². The number of hydrogen-bond acceptors (Lipinski definition) is 3. The fraction of sp³-hybridized carbons (Fsp3) is 0.250. The minimum absolute atomic E-state index is 0.163. The fourth-order valence-corrected chi connectivity index (χ4v) is 2.22. The van der Waals surface area contributed by atoms with Gasteiger partial charge in [0.25, 0.3) is 0 Å². The van der Waals surface area contributed by atoms with Crippen molar-refractivity contribution in [3.63, 3.8) is 0 Å². The molecule has 0 spiro atoms. The molecule has 0 fully saturated rings. The molecule has 1 aromatic carbocycles. The van der Waals surface area contributed by atoms with Crippen LogP contribution in [-0.2, 0) is 15.0 Å². The number of H-pyrrole nitrogens is 1. The van der Waals surface area contributed by atoms with Crippen LogP contribution in [0.25, 0.3) is 11.0 Å². The summed E-state index contributed by atoms with van der Waals surface area (Å²) in [5.41, 5.74) is 1.89. The van der Waals surface area contributed by atoms with E-state index in [2.05, 4.69) is 15.3 Å². The van der Waals surface area contributed by atoms with E-state index >= 15 is 0 Å². The van der Waals surface area contributed by atoms with Crippen molar-refractivity contribution in [3.8, 4) is 0 Å².